The van der Waals surface area contributed by atoms with Gasteiger partial charge < -0.3 is 9.64 Å². The van der Waals surface area contributed by atoms with Crippen molar-refractivity contribution in [3.63, 3.8) is 0 Å². The molecule has 1 aromatic carbocycles. The molecule has 1 aromatic rings. The molecule has 0 saturated carbocycles. The molecule has 118 valence electrons. The zero-order valence-corrected chi connectivity index (χ0v) is 14.2. The molecular weight excluding hydrogens is 288 g/mol. The van der Waals surface area contributed by atoms with Gasteiger partial charge in [-0.2, -0.15) is 4.31 Å². The number of benzene rings is 1. The summed E-state index contributed by atoms with van der Waals surface area (Å²) in [4.78, 5) is 2.58. The molecule has 1 heterocycles. The van der Waals surface area contributed by atoms with Crippen LogP contribution in [0.15, 0.2) is 11.0 Å². The van der Waals surface area contributed by atoms with Crippen molar-refractivity contribution in [2.75, 3.05) is 40.3 Å². The van der Waals surface area contributed by atoms with E-state index in [1.165, 1.54) is 0 Å². The smallest absolute Gasteiger partial charge is 0.243 e. The lowest BCUT2D eigenvalue weighted by Crippen LogP contribution is -2.47. The van der Waals surface area contributed by atoms with E-state index in [9.17, 15) is 8.42 Å². The Labute approximate surface area is 127 Å². The minimum Gasteiger partial charge on any atom is -0.496 e. The summed E-state index contributed by atoms with van der Waals surface area (Å²) < 4.78 is 32.8. The van der Waals surface area contributed by atoms with Crippen molar-refractivity contribution in [2.45, 2.75) is 25.7 Å². The highest BCUT2D eigenvalue weighted by Gasteiger charge is 2.31. The second-order valence-corrected chi connectivity index (χ2v) is 7.56. The number of nitrogens with zero attached hydrogens (tertiary/aromatic N) is 2. The summed E-state index contributed by atoms with van der Waals surface area (Å²) in [6, 6.07) is 1.81. The molecule has 0 radical (unpaired) electrons. The first-order valence-corrected chi connectivity index (χ1v) is 8.56. The average Bonchev–Trinajstić information content (AvgIpc) is 2.43. The number of sulfonamides is 1. The Morgan fingerprint density at radius 3 is 2.14 bits per heavy atom. The van der Waals surface area contributed by atoms with Gasteiger partial charge in [0.25, 0.3) is 0 Å². The van der Waals surface area contributed by atoms with Crippen molar-refractivity contribution < 1.29 is 13.2 Å². The quantitative estimate of drug-likeness (QED) is 0.850. The zero-order chi connectivity index (χ0) is 15.8. The zero-order valence-electron chi connectivity index (χ0n) is 13.4. The van der Waals surface area contributed by atoms with Crippen LogP contribution in [0.5, 0.6) is 5.75 Å². The molecule has 0 aromatic heterocycles. The Balaban J connectivity index is 2.48. The van der Waals surface area contributed by atoms with Gasteiger partial charge in [0, 0.05) is 26.2 Å². The van der Waals surface area contributed by atoms with Gasteiger partial charge in [-0.05, 0) is 50.6 Å². The van der Waals surface area contributed by atoms with Gasteiger partial charge in [0.1, 0.15) is 5.75 Å². The molecule has 1 aliphatic rings. The Bertz CT molecular complexity index is 633. The maximum absolute atomic E-state index is 13.0. The molecule has 0 N–H and O–H groups in total. The highest BCUT2D eigenvalue weighted by molar-refractivity contribution is 7.89. The lowest BCUT2D eigenvalue weighted by molar-refractivity contribution is 0.222. The van der Waals surface area contributed by atoms with E-state index in [-0.39, 0.29) is 0 Å². The number of likely N-dealkylation sites (N-methyl/N-ethyl adjacent to an activating group) is 1. The van der Waals surface area contributed by atoms with Crippen LogP contribution in [0.2, 0.25) is 0 Å². The molecular formula is C15H24N2O3S. The first kappa shape index (κ1) is 16.3. The van der Waals surface area contributed by atoms with Crippen molar-refractivity contribution in [1.82, 2.24) is 9.21 Å². The molecule has 1 fully saturated rings. The maximum atomic E-state index is 13.0. The van der Waals surface area contributed by atoms with Crippen LogP contribution < -0.4 is 4.74 Å². The van der Waals surface area contributed by atoms with Crippen molar-refractivity contribution in [3.05, 3.63) is 22.8 Å². The summed E-state index contributed by atoms with van der Waals surface area (Å²) >= 11 is 0. The van der Waals surface area contributed by atoms with E-state index in [0.29, 0.717) is 18.0 Å². The van der Waals surface area contributed by atoms with Crippen LogP contribution in [0.3, 0.4) is 0 Å². The molecule has 5 nitrogen and oxygen atoms in total. The van der Waals surface area contributed by atoms with E-state index < -0.39 is 10.0 Å². The third-order valence-electron chi connectivity index (χ3n) is 4.26. The van der Waals surface area contributed by atoms with Gasteiger partial charge in [-0.3, -0.25) is 0 Å². The molecule has 6 heteroatoms. The van der Waals surface area contributed by atoms with Crippen molar-refractivity contribution in [3.8, 4) is 5.75 Å². The van der Waals surface area contributed by atoms with Crippen molar-refractivity contribution in [2.24, 2.45) is 0 Å². The van der Waals surface area contributed by atoms with Crippen LogP contribution >= 0.6 is 0 Å². The predicted octanol–water partition coefficient (Wildman–Crippen LogP) is 1.56. The van der Waals surface area contributed by atoms with Crippen molar-refractivity contribution >= 4 is 10.0 Å². The fourth-order valence-electron chi connectivity index (χ4n) is 2.79. The minimum atomic E-state index is -3.44. The molecule has 0 atom stereocenters. The summed E-state index contributed by atoms with van der Waals surface area (Å²) in [5.74, 6) is 0.738. The lowest BCUT2D eigenvalue weighted by Gasteiger charge is -2.32. The Morgan fingerprint density at radius 1 is 1.05 bits per heavy atom. The molecule has 0 amide bonds. The molecule has 2 rings (SSSR count). The van der Waals surface area contributed by atoms with E-state index in [1.807, 2.05) is 33.9 Å². The molecule has 1 saturated heterocycles. The number of methoxy groups -OCH3 is 1. The summed E-state index contributed by atoms with van der Waals surface area (Å²) in [5, 5.41) is 0. The largest absolute Gasteiger partial charge is 0.496 e. The number of ether oxygens (including phenoxy) is 1. The summed E-state index contributed by atoms with van der Waals surface area (Å²) in [5.41, 5.74) is 2.41. The Kier molecular flexibility index (Phi) is 4.60. The van der Waals surface area contributed by atoms with Gasteiger partial charge >= 0.3 is 0 Å². The van der Waals surface area contributed by atoms with E-state index in [0.717, 1.165) is 35.5 Å². The van der Waals surface area contributed by atoms with Crippen LogP contribution in [0, 0.1) is 20.8 Å². The topological polar surface area (TPSA) is 49.9 Å². The van der Waals surface area contributed by atoms with E-state index >= 15 is 0 Å². The SMILES string of the molecule is COc1cc(C)c(S(=O)(=O)N2CCN(C)CC2)c(C)c1C. The first-order chi connectivity index (χ1) is 9.78. The second kappa shape index (κ2) is 5.94. The van der Waals surface area contributed by atoms with Crippen LogP contribution in [-0.2, 0) is 10.0 Å². The maximum Gasteiger partial charge on any atom is 0.243 e. The van der Waals surface area contributed by atoms with Gasteiger partial charge in [0.05, 0.1) is 12.0 Å². The average molecular weight is 312 g/mol. The van der Waals surface area contributed by atoms with E-state index in [2.05, 4.69) is 4.90 Å². The second-order valence-electron chi connectivity index (χ2n) is 5.68. The van der Waals surface area contributed by atoms with Crippen LogP contribution in [0.25, 0.3) is 0 Å². The van der Waals surface area contributed by atoms with Crippen LogP contribution in [-0.4, -0.2) is 58.0 Å². The van der Waals surface area contributed by atoms with E-state index in [1.54, 1.807) is 11.4 Å². The van der Waals surface area contributed by atoms with Crippen LogP contribution in [0.1, 0.15) is 16.7 Å². The minimum absolute atomic E-state index is 0.436. The fourth-order valence-corrected chi connectivity index (χ4v) is 4.70. The van der Waals surface area contributed by atoms with Gasteiger partial charge in [0.15, 0.2) is 0 Å². The normalized spacial score (nSPS) is 18.0. The first-order valence-electron chi connectivity index (χ1n) is 7.12. The summed E-state index contributed by atoms with van der Waals surface area (Å²) in [6.45, 7) is 8.22. The standard InChI is InChI=1S/C15H24N2O3S/c1-11-10-14(20-5)12(2)13(3)15(11)21(18,19)17-8-6-16(4)7-9-17/h10H,6-9H2,1-5H3. The van der Waals surface area contributed by atoms with Gasteiger partial charge in [-0.15, -0.1) is 0 Å². The summed E-state index contributed by atoms with van der Waals surface area (Å²) in [7, 11) is 0.176. The fraction of sp³-hybridized carbons (Fsp3) is 0.600. The molecule has 0 aliphatic carbocycles. The lowest BCUT2D eigenvalue weighted by atomic mass is 10.1. The molecule has 1 aliphatic heterocycles. The van der Waals surface area contributed by atoms with Crippen LogP contribution in [0.4, 0.5) is 0 Å². The summed E-state index contributed by atoms with van der Waals surface area (Å²) in [6.07, 6.45) is 0. The number of aryl methyl sites for hydroxylation is 1. The molecule has 21 heavy (non-hydrogen) atoms. The van der Waals surface area contributed by atoms with Crippen molar-refractivity contribution in [1.29, 1.82) is 0 Å². The molecule has 0 spiro atoms. The number of rotatable bonds is 3. The monoisotopic (exact) mass is 312 g/mol. The number of piperazine rings is 1. The molecule has 0 unspecified atom stereocenters. The highest BCUT2D eigenvalue weighted by atomic mass is 32.2. The predicted molar refractivity (Wildman–Crippen MR) is 83.5 cm³/mol. The number of hydrogen-bond donors (Lipinski definition) is 0. The van der Waals surface area contributed by atoms with Gasteiger partial charge in [-0.1, -0.05) is 0 Å². The van der Waals surface area contributed by atoms with Gasteiger partial charge in [-0.25, -0.2) is 8.42 Å². The molecule has 0 bridgehead atoms. The highest BCUT2D eigenvalue weighted by Crippen LogP contribution is 2.32. The number of hydrogen-bond acceptors (Lipinski definition) is 4. The third-order valence-corrected chi connectivity index (χ3v) is 6.45. The Morgan fingerprint density at radius 2 is 1.62 bits per heavy atom. The Hall–Kier alpha value is -1.11. The van der Waals surface area contributed by atoms with E-state index in [4.69, 9.17) is 4.74 Å². The third kappa shape index (κ3) is 2.93. The van der Waals surface area contributed by atoms with Gasteiger partial charge in [0.2, 0.25) is 10.0 Å².